The van der Waals surface area contributed by atoms with Crippen LogP contribution < -0.4 is 4.74 Å². The van der Waals surface area contributed by atoms with Gasteiger partial charge in [-0.3, -0.25) is 4.79 Å². The molecular formula is C19H22O2. The highest BCUT2D eigenvalue weighted by Crippen LogP contribution is 2.35. The molecule has 0 atom stereocenters. The first-order chi connectivity index (χ1) is 9.77. The van der Waals surface area contributed by atoms with Crippen LogP contribution in [0, 0.1) is 6.92 Å². The standard InChI is InChI=1S/C19H22O2/c1-13-9-10-17(19(3,4)5)18(11-13)21-16-8-6-7-15(12-16)14(2)20/h6-12H,1-5H3. The van der Waals surface area contributed by atoms with Gasteiger partial charge in [-0.15, -0.1) is 0 Å². The van der Waals surface area contributed by atoms with Gasteiger partial charge in [0.05, 0.1) is 0 Å². The Bertz CT molecular complexity index is 664. The molecule has 0 fully saturated rings. The first-order valence-electron chi connectivity index (χ1n) is 7.17. The summed E-state index contributed by atoms with van der Waals surface area (Å²) in [5.74, 6) is 1.59. The molecule has 0 aliphatic rings. The number of carbonyl (C=O) groups excluding carboxylic acids is 1. The smallest absolute Gasteiger partial charge is 0.159 e. The summed E-state index contributed by atoms with van der Waals surface area (Å²) in [7, 11) is 0. The topological polar surface area (TPSA) is 26.3 Å². The summed E-state index contributed by atoms with van der Waals surface area (Å²) < 4.78 is 6.06. The minimum Gasteiger partial charge on any atom is -0.457 e. The number of ketones is 1. The van der Waals surface area contributed by atoms with Crippen molar-refractivity contribution in [2.45, 2.75) is 40.0 Å². The second kappa shape index (κ2) is 5.72. The normalized spacial score (nSPS) is 11.3. The maximum absolute atomic E-state index is 11.5. The Labute approximate surface area is 126 Å². The molecule has 0 bridgehead atoms. The third-order valence-corrected chi connectivity index (χ3v) is 3.41. The van der Waals surface area contributed by atoms with Crippen LogP contribution in [0.15, 0.2) is 42.5 Å². The summed E-state index contributed by atoms with van der Waals surface area (Å²) in [6.07, 6.45) is 0. The van der Waals surface area contributed by atoms with Crippen molar-refractivity contribution in [1.82, 2.24) is 0 Å². The zero-order chi connectivity index (χ0) is 15.6. The molecule has 0 N–H and O–H groups in total. The van der Waals surface area contributed by atoms with Gasteiger partial charge in [-0.2, -0.15) is 0 Å². The summed E-state index contributed by atoms with van der Waals surface area (Å²) in [5.41, 5.74) is 2.97. The summed E-state index contributed by atoms with van der Waals surface area (Å²) in [6.45, 7) is 10.1. The second-order valence-corrected chi connectivity index (χ2v) is 6.44. The second-order valence-electron chi connectivity index (χ2n) is 6.44. The summed E-state index contributed by atoms with van der Waals surface area (Å²) >= 11 is 0. The molecule has 110 valence electrons. The first-order valence-corrected chi connectivity index (χ1v) is 7.17. The van der Waals surface area contributed by atoms with E-state index in [0.29, 0.717) is 11.3 Å². The molecule has 2 nitrogen and oxygen atoms in total. The minimum atomic E-state index is 0.00121. The van der Waals surface area contributed by atoms with Crippen molar-refractivity contribution in [3.8, 4) is 11.5 Å². The molecule has 0 amide bonds. The zero-order valence-corrected chi connectivity index (χ0v) is 13.4. The molecule has 2 aromatic carbocycles. The summed E-state index contributed by atoms with van der Waals surface area (Å²) in [5, 5.41) is 0. The number of hydrogen-bond donors (Lipinski definition) is 0. The molecule has 0 unspecified atom stereocenters. The summed E-state index contributed by atoms with van der Waals surface area (Å²) in [6, 6.07) is 13.6. The van der Waals surface area contributed by atoms with Crippen LogP contribution in [-0.2, 0) is 5.41 Å². The molecule has 0 saturated carbocycles. The number of hydrogen-bond acceptors (Lipinski definition) is 2. The molecule has 0 saturated heterocycles. The van der Waals surface area contributed by atoms with E-state index >= 15 is 0 Å². The Morgan fingerprint density at radius 3 is 2.38 bits per heavy atom. The lowest BCUT2D eigenvalue weighted by atomic mass is 9.86. The fraction of sp³-hybridized carbons (Fsp3) is 0.316. The van der Waals surface area contributed by atoms with Crippen LogP contribution in [0.5, 0.6) is 11.5 Å². The third-order valence-electron chi connectivity index (χ3n) is 3.41. The molecule has 0 aliphatic heterocycles. The van der Waals surface area contributed by atoms with E-state index in [1.807, 2.05) is 25.1 Å². The van der Waals surface area contributed by atoms with Crippen molar-refractivity contribution in [2.24, 2.45) is 0 Å². The molecule has 2 aromatic rings. The lowest BCUT2D eigenvalue weighted by molar-refractivity contribution is 0.101. The Morgan fingerprint density at radius 1 is 1.05 bits per heavy atom. The highest BCUT2D eigenvalue weighted by molar-refractivity contribution is 5.94. The highest BCUT2D eigenvalue weighted by Gasteiger charge is 2.19. The maximum Gasteiger partial charge on any atom is 0.159 e. The van der Waals surface area contributed by atoms with Gasteiger partial charge in [0.2, 0.25) is 0 Å². The van der Waals surface area contributed by atoms with E-state index in [1.54, 1.807) is 19.1 Å². The lowest BCUT2D eigenvalue weighted by Gasteiger charge is -2.23. The average molecular weight is 282 g/mol. The van der Waals surface area contributed by atoms with Gasteiger partial charge >= 0.3 is 0 Å². The molecule has 0 aromatic heterocycles. The van der Waals surface area contributed by atoms with E-state index in [2.05, 4.69) is 32.9 Å². The van der Waals surface area contributed by atoms with Crippen molar-refractivity contribution in [3.05, 3.63) is 59.2 Å². The Hall–Kier alpha value is -2.09. The minimum absolute atomic E-state index is 0.00121. The zero-order valence-electron chi connectivity index (χ0n) is 13.4. The Kier molecular flexibility index (Phi) is 4.17. The van der Waals surface area contributed by atoms with Gasteiger partial charge < -0.3 is 4.74 Å². The molecule has 21 heavy (non-hydrogen) atoms. The van der Waals surface area contributed by atoms with Crippen molar-refractivity contribution in [3.63, 3.8) is 0 Å². The number of benzene rings is 2. The van der Waals surface area contributed by atoms with E-state index in [0.717, 1.165) is 16.9 Å². The van der Waals surface area contributed by atoms with Gasteiger partial charge in [-0.05, 0) is 43.0 Å². The van der Waals surface area contributed by atoms with Gasteiger partial charge in [0, 0.05) is 11.1 Å². The SMILES string of the molecule is CC(=O)c1cccc(Oc2cc(C)ccc2C(C)(C)C)c1. The van der Waals surface area contributed by atoms with Crippen LogP contribution in [0.2, 0.25) is 0 Å². The average Bonchev–Trinajstić information content (AvgIpc) is 2.37. The molecule has 0 aliphatic carbocycles. The highest BCUT2D eigenvalue weighted by atomic mass is 16.5. The molecule has 2 rings (SSSR count). The monoisotopic (exact) mass is 282 g/mol. The number of aryl methyl sites for hydroxylation is 1. The number of rotatable bonds is 3. The number of ether oxygens (including phenoxy) is 1. The maximum atomic E-state index is 11.5. The van der Waals surface area contributed by atoms with E-state index in [9.17, 15) is 4.79 Å². The molecular weight excluding hydrogens is 260 g/mol. The number of Topliss-reactive ketones (excluding diaryl/α,β-unsaturated/α-hetero) is 1. The third kappa shape index (κ3) is 3.72. The van der Waals surface area contributed by atoms with Gasteiger partial charge in [0.1, 0.15) is 11.5 Å². The van der Waals surface area contributed by atoms with Crippen LogP contribution in [0.1, 0.15) is 49.2 Å². The largest absolute Gasteiger partial charge is 0.457 e. The predicted molar refractivity (Wildman–Crippen MR) is 86.4 cm³/mol. The number of carbonyl (C=O) groups is 1. The summed E-state index contributed by atoms with van der Waals surface area (Å²) in [4.78, 5) is 11.5. The van der Waals surface area contributed by atoms with Crippen LogP contribution >= 0.6 is 0 Å². The van der Waals surface area contributed by atoms with Crippen LogP contribution in [0.4, 0.5) is 0 Å². The predicted octanol–water partition coefficient (Wildman–Crippen LogP) is 5.29. The molecule has 2 heteroatoms. The van der Waals surface area contributed by atoms with Gasteiger partial charge in [-0.25, -0.2) is 0 Å². The first kappa shape index (κ1) is 15.3. The van der Waals surface area contributed by atoms with E-state index < -0.39 is 0 Å². The van der Waals surface area contributed by atoms with Gasteiger partial charge in [0.15, 0.2) is 5.78 Å². The van der Waals surface area contributed by atoms with E-state index in [1.165, 1.54) is 0 Å². The van der Waals surface area contributed by atoms with Crippen molar-refractivity contribution in [2.75, 3.05) is 0 Å². The van der Waals surface area contributed by atoms with Crippen LogP contribution in [-0.4, -0.2) is 5.78 Å². The van der Waals surface area contributed by atoms with Crippen molar-refractivity contribution < 1.29 is 9.53 Å². The lowest BCUT2D eigenvalue weighted by Crippen LogP contribution is -2.12. The van der Waals surface area contributed by atoms with Crippen molar-refractivity contribution >= 4 is 5.78 Å². The van der Waals surface area contributed by atoms with Crippen molar-refractivity contribution in [1.29, 1.82) is 0 Å². The van der Waals surface area contributed by atoms with Gasteiger partial charge in [0.25, 0.3) is 0 Å². The van der Waals surface area contributed by atoms with Gasteiger partial charge in [-0.1, -0.05) is 45.0 Å². The van der Waals surface area contributed by atoms with Crippen LogP contribution in [0.3, 0.4) is 0 Å². The fourth-order valence-electron chi connectivity index (χ4n) is 2.24. The Morgan fingerprint density at radius 2 is 1.76 bits per heavy atom. The van der Waals surface area contributed by atoms with Crippen LogP contribution in [0.25, 0.3) is 0 Å². The van der Waals surface area contributed by atoms with E-state index in [4.69, 9.17) is 4.74 Å². The Balaban J connectivity index is 2.41. The quantitative estimate of drug-likeness (QED) is 0.715. The fourth-order valence-corrected chi connectivity index (χ4v) is 2.24. The molecule has 0 radical (unpaired) electrons. The molecule has 0 heterocycles. The molecule has 0 spiro atoms. The van der Waals surface area contributed by atoms with E-state index in [-0.39, 0.29) is 11.2 Å².